The van der Waals surface area contributed by atoms with Crippen molar-refractivity contribution in [2.75, 3.05) is 23.9 Å². The van der Waals surface area contributed by atoms with E-state index in [4.69, 9.17) is 16.3 Å². The number of nitrogens with zero attached hydrogens (tertiary/aromatic N) is 5. The SMILES string of the molecule is CN1c2nc(Nc3ccc(-n4cnc(CC5CCC5)c4)c(F)c3)ncc2OCC1c1cc(F)c(F)cc1Cl. The summed E-state index contributed by atoms with van der Waals surface area (Å²) in [5.41, 5.74) is 2.20. The van der Waals surface area contributed by atoms with Crippen LogP contribution in [0, 0.1) is 23.4 Å². The number of aromatic nitrogens is 4. The molecule has 4 aromatic rings. The largest absolute Gasteiger partial charge is 0.486 e. The third-order valence-electron chi connectivity index (χ3n) is 7.17. The van der Waals surface area contributed by atoms with E-state index in [9.17, 15) is 8.78 Å². The fourth-order valence-electron chi connectivity index (χ4n) is 4.81. The van der Waals surface area contributed by atoms with Crippen LogP contribution in [0.15, 0.2) is 49.1 Å². The standard InChI is InChI=1S/C27H24ClF3N6O/c1-36-24(18-9-20(29)21(30)10-19(18)28)13-38-25-11-32-27(35-26(25)36)34-16-5-6-23(22(31)8-16)37-12-17(33-14-37)7-15-3-2-4-15/h5-6,8-12,14-15,24H,2-4,7,13H2,1H3,(H,32,34,35). The Labute approximate surface area is 222 Å². The summed E-state index contributed by atoms with van der Waals surface area (Å²) in [7, 11) is 1.75. The lowest BCUT2D eigenvalue weighted by molar-refractivity contribution is 0.264. The van der Waals surface area contributed by atoms with Crippen LogP contribution in [0.2, 0.25) is 5.02 Å². The van der Waals surface area contributed by atoms with Crippen LogP contribution in [0.5, 0.6) is 5.75 Å². The van der Waals surface area contributed by atoms with Crippen molar-refractivity contribution >= 4 is 29.1 Å². The van der Waals surface area contributed by atoms with E-state index in [1.807, 2.05) is 6.20 Å². The third-order valence-corrected chi connectivity index (χ3v) is 7.50. The first kappa shape index (κ1) is 24.5. The maximum atomic E-state index is 15.0. The Morgan fingerprint density at radius 3 is 2.66 bits per heavy atom. The van der Waals surface area contributed by atoms with Gasteiger partial charge in [-0.1, -0.05) is 30.9 Å². The van der Waals surface area contributed by atoms with Crippen LogP contribution in [-0.2, 0) is 6.42 Å². The second kappa shape index (κ2) is 9.83. The van der Waals surface area contributed by atoms with Gasteiger partial charge in [-0.15, -0.1) is 0 Å². The summed E-state index contributed by atoms with van der Waals surface area (Å²) in [5, 5.41) is 3.11. The maximum Gasteiger partial charge on any atom is 0.229 e. The summed E-state index contributed by atoms with van der Waals surface area (Å²) >= 11 is 6.20. The Hall–Kier alpha value is -3.79. The van der Waals surface area contributed by atoms with Gasteiger partial charge in [0, 0.05) is 24.0 Å². The fourth-order valence-corrected chi connectivity index (χ4v) is 5.09. The van der Waals surface area contributed by atoms with Gasteiger partial charge in [0.2, 0.25) is 5.95 Å². The molecule has 0 spiro atoms. The van der Waals surface area contributed by atoms with Crippen molar-refractivity contribution in [1.82, 2.24) is 19.5 Å². The van der Waals surface area contributed by atoms with Gasteiger partial charge in [0.15, 0.2) is 23.2 Å². The molecule has 1 fully saturated rings. The average Bonchev–Trinajstić information content (AvgIpc) is 3.33. The summed E-state index contributed by atoms with van der Waals surface area (Å²) in [4.78, 5) is 15.0. The Morgan fingerprint density at radius 1 is 1.08 bits per heavy atom. The molecule has 0 radical (unpaired) electrons. The summed E-state index contributed by atoms with van der Waals surface area (Å²) in [6.07, 6.45) is 9.67. The quantitative estimate of drug-likeness (QED) is 0.286. The molecule has 2 aromatic heterocycles. The van der Waals surface area contributed by atoms with Crippen LogP contribution in [0.4, 0.5) is 30.6 Å². The molecule has 1 aliphatic carbocycles. The van der Waals surface area contributed by atoms with Crippen molar-refractivity contribution in [2.45, 2.75) is 31.7 Å². The van der Waals surface area contributed by atoms with Crippen LogP contribution in [0.1, 0.15) is 36.6 Å². The smallest absolute Gasteiger partial charge is 0.229 e. The van der Waals surface area contributed by atoms with Gasteiger partial charge in [-0.05, 0) is 48.2 Å². The normalized spacial score (nSPS) is 17.1. The molecular formula is C27H24ClF3N6O. The van der Waals surface area contributed by atoms with Gasteiger partial charge in [0.1, 0.15) is 12.4 Å². The lowest BCUT2D eigenvalue weighted by atomic mass is 9.82. The number of hydrogen-bond donors (Lipinski definition) is 1. The summed E-state index contributed by atoms with van der Waals surface area (Å²) < 4.78 is 50.0. The zero-order chi connectivity index (χ0) is 26.4. The van der Waals surface area contributed by atoms with E-state index < -0.39 is 23.5 Å². The molecule has 196 valence electrons. The predicted octanol–water partition coefficient (Wildman–Crippen LogP) is 6.39. The highest BCUT2D eigenvalue weighted by Gasteiger charge is 2.30. The number of halogens is 4. The number of anilines is 3. The van der Waals surface area contributed by atoms with Crippen molar-refractivity contribution in [1.29, 1.82) is 0 Å². The van der Waals surface area contributed by atoms with Crippen molar-refractivity contribution in [3.63, 3.8) is 0 Å². The highest BCUT2D eigenvalue weighted by Crippen LogP contribution is 2.39. The summed E-state index contributed by atoms with van der Waals surface area (Å²) in [6, 6.07) is 6.27. The number of benzene rings is 2. The lowest BCUT2D eigenvalue weighted by Crippen LogP contribution is -2.34. The molecule has 1 atom stereocenters. The number of nitrogens with one attached hydrogen (secondary N) is 1. The zero-order valence-electron chi connectivity index (χ0n) is 20.5. The molecule has 2 aliphatic rings. The van der Waals surface area contributed by atoms with Gasteiger partial charge in [-0.25, -0.2) is 23.1 Å². The van der Waals surface area contributed by atoms with Crippen molar-refractivity contribution in [2.24, 2.45) is 5.92 Å². The number of ether oxygens (including phenoxy) is 1. The number of likely N-dealkylation sites (N-methyl/N-ethyl adjacent to an activating group) is 1. The molecule has 0 amide bonds. The highest BCUT2D eigenvalue weighted by atomic mass is 35.5. The first-order valence-electron chi connectivity index (χ1n) is 12.3. The van der Waals surface area contributed by atoms with E-state index in [0.717, 1.165) is 24.2 Å². The molecule has 0 bridgehead atoms. The molecule has 7 nitrogen and oxygen atoms in total. The van der Waals surface area contributed by atoms with Gasteiger partial charge in [-0.3, -0.25) is 0 Å². The molecule has 1 saturated carbocycles. The third kappa shape index (κ3) is 4.64. The van der Waals surface area contributed by atoms with E-state index in [0.29, 0.717) is 34.4 Å². The van der Waals surface area contributed by atoms with Gasteiger partial charge in [-0.2, -0.15) is 4.98 Å². The lowest BCUT2D eigenvalue weighted by Gasteiger charge is -2.35. The van der Waals surface area contributed by atoms with E-state index >= 15 is 4.39 Å². The minimum atomic E-state index is -1.02. The van der Waals surface area contributed by atoms with Crippen LogP contribution < -0.4 is 15.0 Å². The van der Waals surface area contributed by atoms with Gasteiger partial charge in [0.25, 0.3) is 0 Å². The van der Waals surface area contributed by atoms with Crippen LogP contribution >= 0.6 is 11.6 Å². The molecule has 1 unspecified atom stereocenters. The first-order valence-corrected chi connectivity index (χ1v) is 12.7. The first-order chi connectivity index (χ1) is 18.4. The second-order valence-corrected chi connectivity index (χ2v) is 10.1. The fraction of sp³-hybridized carbons (Fsp3) is 0.296. The van der Waals surface area contributed by atoms with Crippen LogP contribution in [0.3, 0.4) is 0 Å². The second-order valence-electron chi connectivity index (χ2n) is 9.67. The molecule has 2 aromatic carbocycles. The minimum absolute atomic E-state index is 0.0869. The van der Waals surface area contributed by atoms with Gasteiger partial charge >= 0.3 is 0 Å². The Morgan fingerprint density at radius 2 is 1.89 bits per heavy atom. The molecule has 0 saturated heterocycles. The topological polar surface area (TPSA) is 68.1 Å². The van der Waals surface area contributed by atoms with E-state index in [1.54, 1.807) is 35.0 Å². The maximum absolute atomic E-state index is 15.0. The minimum Gasteiger partial charge on any atom is -0.486 e. The molecule has 38 heavy (non-hydrogen) atoms. The molecule has 3 heterocycles. The van der Waals surface area contributed by atoms with Crippen molar-refractivity contribution < 1.29 is 17.9 Å². The number of imidazole rings is 1. The Balaban J connectivity index is 1.20. The Bertz CT molecular complexity index is 1510. The van der Waals surface area contributed by atoms with Crippen molar-refractivity contribution in [3.05, 3.63) is 82.8 Å². The predicted molar refractivity (Wildman–Crippen MR) is 138 cm³/mol. The molecule has 1 N–H and O–H groups in total. The number of fused-ring (bicyclic) bond motifs is 1. The average molecular weight is 541 g/mol. The molecular weight excluding hydrogens is 517 g/mol. The highest BCUT2D eigenvalue weighted by molar-refractivity contribution is 6.31. The van der Waals surface area contributed by atoms with E-state index in [2.05, 4.69) is 20.3 Å². The van der Waals surface area contributed by atoms with E-state index in [-0.39, 0.29) is 17.6 Å². The summed E-state index contributed by atoms with van der Waals surface area (Å²) in [6.45, 7) is 0.147. The van der Waals surface area contributed by atoms with Crippen LogP contribution in [0.25, 0.3) is 5.69 Å². The van der Waals surface area contributed by atoms with E-state index in [1.165, 1.54) is 31.5 Å². The molecule has 6 rings (SSSR count). The zero-order valence-corrected chi connectivity index (χ0v) is 21.2. The number of rotatable bonds is 6. The monoisotopic (exact) mass is 540 g/mol. The number of hydrogen-bond acceptors (Lipinski definition) is 6. The van der Waals surface area contributed by atoms with Gasteiger partial charge in [0.05, 0.1) is 29.9 Å². The molecule has 11 heteroatoms. The molecule has 1 aliphatic heterocycles. The van der Waals surface area contributed by atoms with Gasteiger partial charge < -0.3 is 19.5 Å². The summed E-state index contributed by atoms with van der Waals surface area (Å²) in [5.74, 6) is -0.693. The van der Waals surface area contributed by atoms with Crippen LogP contribution in [-0.4, -0.2) is 33.2 Å². The van der Waals surface area contributed by atoms with Crippen molar-refractivity contribution in [3.8, 4) is 11.4 Å². The Kier molecular flexibility index (Phi) is 6.35.